The van der Waals surface area contributed by atoms with Crippen molar-refractivity contribution in [3.05, 3.63) is 17.8 Å². The molecule has 0 radical (unpaired) electrons. The quantitative estimate of drug-likeness (QED) is 0.780. The van der Waals surface area contributed by atoms with Crippen LogP contribution in [0.15, 0.2) is 6.33 Å². The number of hydrogen-bond acceptors (Lipinski definition) is 4. The molecule has 2 rings (SSSR count). The Hall–Kier alpha value is -1.23. The van der Waals surface area contributed by atoms with Crippen molar-refractivity contribution < 1.29 is 4.39 Å². The molecule has 15 heavy (non-hydrogen) atoms. The summed E-state index contributed by atoms with van der Waals surface area (Å²) >= 11 is 0. The van der Waals surface area contributed by atoms with E-state index in [1.54, 1.807) is 0 Å². The van der Waals surface area contributed by atoms with E-state index in [0.29, 0.717) is 17.9 Å². The molecule has 0 bridgehead atoms. The Bertz CT molecular complexity index is 336. The van der Waals surface area contributed by atoms with Crippen LogP contribution >= 0.6 is 0 Å². The van der Waals surface area contributed by atoms with Crippen molar-refractivity contribution in [2.75, 3.05) is 18.4 Å². The van der Waals surface area contributed by atoms with E-state index in [2.05, 4.69) is 20.6 Å². The van der Waals surface area contributed by atoms with Crippen LogP contribution in [0, 0.1) is 5.82 Å². The lowest BCUT2D eigenvalue weighted by atomic mass is 10.2. The molecule has 1 fully saturated rings. The van der Waals surface area contributed by atoms with Crippen LogP contribution in [-0.4, -0.2) is 29.1 Å². The fourth-order valence-corrected chi connectivity index (χ4v) is 1.72. The van der Waals surface area contributed by atoms with Crippen LogP contribution in [0.25, 0.3) is 0 Å². The van der Waals surface area contributed by atoms with Gasteiger partial charge in [0.25, 0.3) is 0 Å². The number of halogens is 1. The Balaban J connectivity index is 2.13. The fourth-order valence-electron chi connectivity index (χ4n) is 1.72. The Morgan fingerprint density at radius 1 is 1.60 bits per heavy atom. The number of nitrogens with zero attached hydrogens (tertiary/aromatic N) is 2. The molecule has 2 heterocycles. The van der Waals surface area contributed by atoms with Gasteiger partial charge < -0.3 is 10.6 Å². The third-order valence-electron chi connectivity index (χ3n) is 2.60. The summed E-state index contributed by atoms with van der Waals surface area (Å²) in [6.45, 7) is 3.72. The van der Waals surface area contributed by atoms with Gasteiger partial charge in [-0.2, -0.15) is 0 Å². The third-order valence-corrected chi connectivity index (χ3v) is 2.60. The Morgan fingerprint density at radius 2 is 2.47 bits per heavy atom. The summed E-state index contributed by atoms with van der Waals surface area (Å²) in [5, 5.41) is 6.31. The number of rotatable bonds is 3. The zero-order valence-electron chi connectivity index (χ0n) is 8.76. The van der Waals surface area contributed by atoms with E-state index < -0.39 is 0 Å². The first-order chi connectivity index (χ1) is 7.31. The maximum atomic E-state index is 13.7. The van der Waals surface area contributed by atoms with Crippen molar-refractivity contribution in [1.82, 2.24) is 15.3 Å². The van der Waals surface area contributed by atoms with Crippen molar-refractivity contribution >= 4 is 5.82 Å². The molecule has 1 aromatic rings. The zero-order valence-corrected chi connectivity index (χ0v) is 8.76. The zero-order chi connectivity index (χ0) is 10.7. The minimum atomic E-state index is -0.313. The summed E-state index contributed by atoms with van der Waals surface area (Å²) in [4.78, 5) is 7.82. The van der Waals surface area contributed by atoms with Gasteiger partial charge in [-0.3, -0.25) is 0 Å². The molecule has 0 unspecified atom stereocenters. The molecule has 1 aliphatic rings. The second-order valence-electron chi connectivity index (χ2n) is 3.67. The number of aryl methyl sites for hydroxylation is 1. The molecule has 0 spiro atoms. The van der Waals surface area contributed by atoms with Crippen LogP contribution in [0.1, 0.15) is 19.0 Å². The maximum Gasteiger partial charge on any atom is 0.186 e. The maximum absolute atomic E-state index is 13.7. The molecule has 2 N–H and O–H groups in total. The molecular formula is C10H15FN4. The van der Waals surface area contributed by atoms with Gasteiger partial charge >= 0.3 is 0 Å². The van der Waals surface area contributed by atoms with Gasteiger partial charge in [-0.25, -0.2) is 14.4 Å². The molecular weight excluding hydrogens is 195 g/mol. The van der Waals surface area contributed by atoms with Crippen LogP contribution in [0.2, 0.25) is 0 Å². The molecule has 1 aliphatic heterocycles. The monoisotopic (exact) mass is 210 g/mol. The molecule has 0 aromatic carbocycles. The van der Waals surface area contributed by atoms with Gasteiger partial charge in [0.15, 0.2) is 11.6 Å². The van der Waals surface area contributed by atoms with E-state index in [0.717, 1.165) is 19.5 Å². The molecule has 5 heteroatoms. The van der Waals surface area contributed by atoms with Crippen LogP contribution in [0.5, 0.6) is 0 Å². The van der Waals surface area contributed by atoms with Crippen LogP contribution < -0.4 is 10.6 Å². The number of nitrogens with one attached hydrogen (secondary N) is 2. The van der Waals surface area contributed by atoms with Gasteiger partial charge in [-0.1, -0.05) is 6.92 Å². The first kappa shape index (κ1) is 10.3. The smallest absolute Gasteiger partial charge is 0.186 e. The third kappa shape index (κ3) is 2.23. The number of anilines is 1. The summed E-state index contributed by atoms with van der Waals surface area (Å²) in [5.41, 5.74) is 0.471. The van der Waals surface area contributed by atoms with Crippen molar-refractivity contribution in [3.63, 3.8) is 0 Å². The lowest BCUT2D eigenvalue weighted by molar-refractivity contribution is 0.592. The van der Waals surface area contributed by atoms with Crippen molar-refractivity contribution in [2.24, 2.45) is 0 Å². The largest absolute Gasteiger partial charge is 0.363 e. The Kier molecular flexibility index (Phi) is 3.11. The lowest BCUT2D eigenvalue weighted by Crippen LogP contribution is -2.23. The summed E-state index contributed by atoms with van der Waals surface area (Å²) < 4.78 is 13.7. The molecule has 0 saturated carbocycles. The molecule has 0 aliphatic carbocycles. The molecule has 1 aromatic heterocycles. The summed E-state index contributed by atoms with van der Waals surface area (Å²) in [5.74, 6) is 0.0162. The van der Waals surface area contributed by atoms with E-state index in [1.807, 2.05) is 6.92 Å². The minimum absolute atomic E-state index is 0.277. The second-order valence-corrected chi connectivity index (χ2v) is 3.67. The summed E-state index contributed by atoms with van der Waals surface area (Å²) in [7, 11) is 0. The van der Waals surface area contributed by atoms with E-state index >= 15 is 0 Å². The van der Waals surface area contributed by atoms with Gasteiger partial charge in [0.05, 0.1) is 5.69 Å². The van der Waals surface area contributed by atoms with Crippen LogP contribution in [-0.2, 0) is 6.42 Å². The first-order valence-electron chi connectivity index (χ1n) is 5.28. The van der Waals surface area contributed by atoms with E-state index in [-0.39, 0.29) is 11.9 Å². The van der Waals surface area contributed by atoms with Gasteiger partial charge in [-0.15, -0.1) is 0 Å². The minimum Gasteiger partial charge on any atom is -0.363 e. The standard InChI is InChI=1S/C10H15FN4/c1-2-8-9(11)10(14-6-13-8)15-7-3-4-12-5-7/h6-7,12H,2-5H2,1H3,(H,13,14,15)/t7-/m0/s1. The predicted octanol–water partition coefficient (Wildman–Crippen LogP) is 0.952. The topological polar surface area (TPSA) is 49.8 Å². The number of aromatic nitrogens is 2. The molecule has 0 amide bonds. The fraction of sp³-hybridized carbons (Fsp3) is 0.600. The SMILES string of the molecule is CCc1ncnc(N[C@H]2CCNC2)c1F. The van der Waals surface area contributed by atoms with Gasteiger partial charge in [-0.05, 0) is 19.4 Å². The summed E-state index contributed by atoms with van der Waals surface area (Å²) in [6, 6.07) is 0.277. The van der Waals surface area contributed by atoms with Gasteiger partial charge in [0.1, 0.15) is 6.33 Å². The van der Waals surface area contributed by atoms with E-state index in [4.69, 9.17) is 0 Å². The van der Waals surface area contributed by atoms with Crippen LogP contribution in [0.3, 0.4) is 0 Å². The van der Waals surface area contributed by atoms with E-state index in [1.165, 1.54) is 6.33 Å². The highest BCUT2D eigenvalue weighted by Crippen LogP contribution is 2.15. The van der Waals surface area contributed by atoms with Gasteiger partial charge in [0.2, 0.25) is 0 Å². The Labute approximate surface area is 88.3 Å². The van der Waals surface area contributed by atoms with Crippen molar-refractivity contribution in [2.45, 2.75) is 25.8 Å². The van der Waals surface area contributed by atoms with Gasteiger partial charge in [0, 0.05) is 12.6 Å². The molecule has 1 atom stereocenters. The molecule has 1 saturated heterocycles. The van der Waals surface area contributed by atoms with Crippen molar-refractivity contribution in [1.29, 1.82) is 0 Å². The lowest BCUT2D eigenvalue weighted by Gasteiger charge is -2.13. The second kappa shape index (κ2) is 4.53. The average molecular weight is 210 g/mol. The molecule has 4 nitrogen and oxygen atoms in total. The average Bonchev–Trinajstić information content (AvgIpc) is 2.74. The normalized spacial score (nSPS) is 20.5. The molecule has 82 valence electrons. The predicted molar refractivity (Wildman–Crippen MR) is 56.3 cm³/mol. The van der Waals surface area contributed by atoms with Crippen LogP contribution in [0.4, 0.5) is 10.2 Å². The van der Waals surface area contributed by atoms with Crippen molar-refractivity contribution in [3.8, 4) is 0 Å². The first-order valence-corrected chi connectivity index (χ1v) is 5.28. The van der Waals surface area contributed by atoms with E-state index in [9.17, 15) is 4.39 Å². The highest BCUT2D eigenvalue weighted by atomic mass is 19.1. The highest BCUT2D eigenvalue weighted by Gasteiger charge is 2.17. The Morgan fingerprint density at radius 3 is 3.13 bits per heavy atom. The highest BCUT2D eigenvalue weighted by molar-refractivity contribution is 5.38. The summed E-state index contributed by atoms with van der Waals surface area (Å²) in [6.07, 6.45) is 3.00. The number of hydrogen-bond donors (Lipinski definition) is 2.